The molecule has 2 heterocycles. The second kappa shape index (κ2) is 6.66. The fourth-order valence-electron chi connectivity index (χ4n) is 2.39. The number of aromatic nitrogens is 3. The minimum absolute atomic E-state index is 0.175. The quantitative estimate of drug-likeness (QED) is 0.781. The second-order valence-electron chi connectivity index (χ2n) is 5.48. The molecule has 3 rings (SSSR count). The number of benzene rings is 1. The third-order valence-corrected chi connectivity index (χ3v) is 3.68. The van der Waals surface area contributed by atoms with Crippen molar-refractivity contribution in [2.75, 3.05) is 6.54 Å². The molecule has 0 bridgehead atoms. The van der Waals surface area contributed by atoms with Crippen molar-refractivity contribution < 1.29 is 13.6 Å². The maximum atomic E-state index is 14.1. The summed E-state index contributed by atoms with van der Waals surface area (Å²) in [6.07, 6.45) is 2.17. The van der Waals surface area contributed by atoms with Crippen molar-refractivity contribution in [3.05, 3.63) is 65.1 Å². The van der Waals surface area contributed by atoms with Crippen LogP contribution in [0.1, 0.15) is 27.5 Å². The van der Waals surface area contributed by atoms with Crippen LogP contribution in [0.3, 0.4) is 0 Å². The average Bonchev–Trinajstić information content (AvgIpc) is 3.17. The summed E-state index contributed by atoms with van der Waals surface area (Å²) in [5, 5.41) is 10.5. The predicted octanol–water partition coefficient (Wildman–Crippen LogP) is 2.59. The van der Waals surface area contributed by atoms with Crippen LogP contribution < -0.4 is 5.32 Å². The van der Waals surface area contributed by atoms with E-state index in [0.29, 0.717) is 18.7 Å². The molecule has 0 radical (unpaired) electrons. The second-order valence-corrected chi connectivity index (χ2v) is 5.48. The van der Waals surface area contributed by atoms with Crippen LogP contribution in [0.15, 0.2) is 41.0 Å². The van der Waals surface area contributed by atoms with Gasteiger partial charge in [-0.2, -0.15) is 0 Å². The summed E-state index contributed by atoms with van der Waals surface area (Å²) in [7, 11) is 0. The van der Waals surface area contributed by atoms with Crippen LogP contribution >= 0.6 is 0 Å². The number of aryl methyl sites for hydroxylation is 1. The van der Waals surface area contributed by atoms with Gasteiger partial charge in [0.05, 0.1) is 12.0 Å². The standard InChI is InChI=1S/C17H17FN4O2/c1-11-5-6-15(14(18)10-11)22-12(2)16(20-21-22)17(23)19-8-7-13-4-3-9-24-13/h3-6,9-10H,7-8H2,1-2H3,(H,19,23). The lowest BCUT2D eigenvalue weighted by Gasteiger charge is -2.06. The normalized spacial score (nSPS) is 10.8. The first-order valence-corrected chi connectivity index (χ1v) is 7.55. The SMILES string of the molecule is Cc1ccc(-n2nnc(C(=O)NCCc3ccco3)c2C)c(F)c1. The molecule has 6 nitrogen and oxygen atoms in total. The van der Waals surface area contributed by atoms with Crippen molar-refractivity contribution in [2.24, 2.45) is 0 Å². The van der Waals surface area contributed by atoms with Gasteiger partial charge in [-0.3, -0.25) is 4.79 Å². The molecule has 7 heteroatoms. The summed E-state index contributed by atoms with van der Waals surface area (Å²) in [5.41, 5.74) is 1.73. The van der Waals surface area contributed by atoms with Crippen LogP contribution in [-0.2, 0) is 6.42 Å². The van der Waals surface area contributed by atoms with Crippen LogP contribution in [0.5, 0.6) is 0 Å². The predicted molar refractivity (Wildman–Crippen MR) is 85.5 cm³/mol. The average molecular weight is 328 g/mol. The molecule has 3 aromatic rings. The Morgan fingerprint density at radius 2 is 2.17 bits per heavy atom. The highest BCUT2D eigenvalue weighted by Crippen LogP contribution is 2.17. The number of furan rings is 1. The highest BCUT2D eigenvalue weighted by molar-refractivity contribution is 5.93. The summed E-state index contributed by atoms with van der Waals surface area (Å²) < 4.78 is 20.6. The van der Waals surface area contributed by atoms with Crippen molar-refractivity contribution in [1.29, 1.82) is 0 Å². The smallest absolute Gasteiger partial charge is 0.273 e. The number of nitrogens with zero attached hydrogens (tertiary/aromatic N) is 3. The summed E-state index contributed by atoms with van der Waals surface area (Å²) in [5.74, 6) is 0.0306. The van der Waals surface area contributed by atoms with E-state index in [-0.39, 0.29) is 17.3 Å². The molecule has 0 saturated heterocycles. The van der Waals surface area contributed by atoms with Crippen LogP contribution in [0.2, 0.25) is 0 Å². The van der Waals surface area contributed by atoms with E-state index in [0.717, 1.165) is 11.3 Å². The first-order chi connectivity index (χ1) is 11.6. The summed E-state index contributed by atoms with van der Waals surface area (Å²) in [6.45, 7) is 3.90. The van der Waals surface area contributed by atoms with Crippen molar-refractivity contribution in [1.82, 2.24) is 20.3 Å². The van der Waals surface area contributed by atoms with E-state index in [4.69, 9.17) is 4.42 Å². The first kappa shape index (κ1) is 15.9. The molecular weight excluding hydrogens is 311 g/mol. The molecule has 0 unspecified atom stereocenters. The Balaban J connectivity index is 1.73. The Morgan fingerprint density at radius 3 is 2.88 bits per heavy atom. The molecule has 0 aliphatic rings. The third-order valence-electron chi connectivity index (χ3n) is 3.68. The van der Waals surface area contributed by atoms with Crippen molar-refractivity contribution in [3.8, 4) is 5.69 Å². The van der Waals surface area contributed by atoms with Crippen molar-refractivity contribution >= 4 is 5.91 Å². The number of rotatable bonds is 5. The van der Waals surface area contributed by atoms with Crippen LogP contribution in [0.25, 0.3) is 5.69 Å². The highest BCUT2D eigenvalue weighted by atomic mass is 19.1. The fourth-order valence-corrected chi connectivity index (χ4v) is 2.39. The van der Waals surface area contributed by atoms with Gasteiger partial charge < -0.3 is 9.73 Å². The summed E-state index contributed by atoms with van der Waals surface area (Å²) in [4.78, 5) is 12.2. The van der Waals surface area contributed by atoms with Crippen LogP contribution in [0, 0.1) is 19.7 Å². The molecule has 0 spiro atoms. The molecule has 0 saturated carbocycles. The number of hydrogen-bond acceptors (Lipinski definition) is 4. The summed E-state index contributed by atoms with van der Waals surface area (Å²) >= 11 is 0. The Morgan fingerprint density at radius 1 is 1.33 bits per heavy atom. The molecule has 0 aliphatic carbocycles. The van der Waals surface area contributed by atoms with Crippen LogP contribution in [0.4, 0.5) is 4.39 Å². The van der Waals surface area contributed by atoms with Crippen LogP contribution in [-0.4, -0.2) is 27.4 Å². The van der Waals surface area contributed by atoms with Crippen molar-refractivity contribution in [2.45, 2.75) is 20.3 Å². The molecule has 24 heavy (non-hydrogen) atoms. The number of nitrogens with one attached hydrogen (secondary N) is 1. The van der Waals surface area contributed by atoms with Gasteiger partial charge in [-0.05, 0) is 43.7 Å². The molecule has 0 aliphatic heterocycles. The van der Waals surface area contributed by atoms with E-state index in [9.17, 15) is 9.18 Å². The Bertz CT molecular complexity index is 856. The summed E-state index contributed by atoms with van der Waals surface area (Å²) in [6, 6.07) is 8.45. The fraction of sp³-hybridized carbons (Fsp3) is 0.235. The minimum Gasteiger partial charge on any atom is -0.469 e. The molecular formula is C17H17FN4O2. The van der Waals surface area contributed by atoms with Gasteiger partial charge in [-0.25, -0.2) is 9.07 Å². The monoisotopic (exact) mass is 328 g/mol. The zero-order valence-corrected chi connectivity index (χ0v) is 13.4. The molecule has 1 amide bonds. The van der Waals surface area contributed by atoms with Crippen molar-refractivity contribution in [3.63, 3.8) is 0 Å². The molecule has 1 aromatic carbocycles. The Kier molecular flexibility index (Phi) is 4.41. The molecule has 124 valence electrons. The Labute approximate surface area is 138 Å². The van der Waals surface area contributed by atoms with E-state index in [2.05, 4.69) is 15.6 Å². The molecule has 2 aromatic heterocycles. The van der Waals surface area contributed by atoms with Gasteiger partial charge in [0.1, 0.15) is 17.3 Å². The zero-order chi connectivity index (χ0) is 17.1. The van der Waals surface area contributed by atoms with Gasteiger partial charge in [0.2, 0.25) is 0 Å². The first-order valence-electron chi connectivity index (χ1n) is 7.55. The largest absolute Gasteiger partial charge is 0.469 e. The number of carbonyl (C=O) groups is 1. The van der Waals surface area contributed by atoms with Gasteiger partial charge in [-0.1, -0.05) is 11.3 Å². The van der Waals surface area contributed by atoms with E-state index in [1.54, 1.807) is 38.3 Å². The van der Waals surface area contributed by atoms with E-state index < -0.39 is 5.82 Å². The molecule has 1 N–H and O–H groups in total. The number of hydrogen-bond donors (Lipinski definition) is 1. The van der Waals surface area contributed by atoms with Gasteiger partial charge in [0.25, 0.3) is 5.91 Å². The lowest BCUT2D eigenvalue weighted by Crippen LogP contribution is -2.26. The van der Waals surface area contributed by atoms with Gasteiger partial charge in [0, 0.05) is 13.0 Å². The van der Waals surface area contributed by atoms with Gasteiger partial charge >= 0.3 is 0 Å². The number of halogens is 1. The molecule has 0 fully saturated rings. The van der Waals surface area contributed by atoms with Gasteiger partial charge in [0.15, 0.2) is 5.69 Å². The maximum absolute atomic E-state index is 14.1. The van der Waals surface area contributed by atoms with E-state index in [1.807, 2.05) is 6.07 Å². The number of carbonyl (C=O) groups excluding carboxylic acids is 1. The van der Waals surface area contributed by atoms with Gasteiger partial charge in [-0.15, -0.1) is 5.10 Å². The third kappa shape index (κ3) is 3.19. The van der Waals surface area contributed by atoms with E-state index >= 15 is 0 Å². The molecule has 0 atom stereocenters. The Hall–Kier alpha value is -2.96. The number of amides is 1. The topological polar surface area (TPSA) is 73.0 Å². The maximum Gasteiger partial charge on any atom is 0.273 e. The van der Waals surface area contributed by atoms with E-state index in [1.165, 1.54) is 10.7 Å². The zero-order valence-electron chi connectivity index (χ0n) is 13.4. The lowest BCUT2D eigenvalue weighted by atomic mass is 10.2. The lowest BCUT2D eigenvalue weighted by molar-refractivity contribution is 0.0948. The highest BCUT2D eigenvalue weighted by Gasteiger charge is 2.18. The minimum atomic E-state index is -0.409.